The van der Waals surface area contributed by atoms with Gasteiger partial charge in [0.1, 0.15) is 0 Å². The minimum Gasteiger partial charge on any atom is -0.373 e. The first-order valence-electron chi connectivity index (χ1n) is 12.4. The Balaban J connectivity index is 4.66. The topological polar surface area (TPSA) is 53.7 Å². The van der Waals surface area contributed by atoms with Gasteiger partial charge in [-0.3, -0.25) is 0 Å². The van der Waals surface area contributed by atoms with Crippen LogP contribution in [0.4, 0.5) is 0 Å². The lowest BCUT2D eigenvalue weighted by Crippen LogP contribution is -2.46. The van der Waals surface area contributed by atoms with E-state index in [1.807, 2.05) is 0 Å². The minimum atomic E-state index is -2.57. The molecule has 0 fully saturated rings. The Morgan fingerprint density at radius 3 is 1.25 bits per heavy atom. The lowest BCUT2D eigenvalue weighted by molar-refractivity contribution is 0.0547. The molecule has 0 amide bonds. The highest BCUT2D eigenvalue weighted by atomic mass is 28.4. The molecule has 0 aliphatic carbocycles. The Labute approximate surface area is 177 Å². The highest BCUT2D eigenvalue weighted by molar-refractivity contribution is 6.60. The number of nitrogens with two attached hydrogens (primary N) is 1. The molecule has 0 aromatic heterocycles. The third-order valence-corrected chi connectivity index (χ3v) is 8.04. The summed E-state index contributed by atoms with van der Waals surface area (Å²) in [6.45, 7) is 9.86. The molecule has 28 heavy (non-hydrogen) atoms. The van der Waals surface area contributed by atoms with Crippen molar-refractivity contribution in [1.82, 2.24) is 0 Å². The first-order chi connectivity index (χ1) is 13.7. The van der Waals surface area contributed by atoms with Crippen molar-refractivity contribution in [3.8, 4) is 0 Å². The van der Waals surface area contributed by atoms with Crippen LogP contribution in [0.3, 0.4) is 0 Å². The minimum absolute atomic E-state index is 0.766. The monoisotopic (exact) mass is 417 g/mol. The molecule has 0 aliphatic rings. The SMILES string of the molecule is CCCCCCO[Si](CCCCCN)(OCCCCCC)OCCCCCC. The Morgan fingerprint density at radius 1 is 0.500 bits per heavy atom. The van der Waals surface area contributed by atoms with Crippen molar-refractivity contribution in [2.75, 3.05) is 26.4 Å². The van der Waals surface area contributed by atoms with Crippen LogP contribution in [-0.2, 0) is 13.3 Å². The predicted molar refractivity (Wildman–Crippen MR) is 124 cm³/mol. The summed E-state index contributed by atoms with van der Waals surface area (Å²) in [6.07, 6.45) is 18.0. The van der Waals surface area contributed by atoms with Gasteiger partial charge in [-0.2, -0.15) is 0 Å². The van der Waals surface area contributed by atoms with E-state index in [0.29, 0.717) is 0 Å². The van der Waals surface area contributed by atoms with E-state index >= 15 is 0 Å². The molecule has 0 aliphatic heterocycles. The van der Waals surface area contributed by atoms with Gasteiger partial charge in [-0.15, -0.1) is 0 Å². The molecule has 0 aromatic carbocycles. The highest BCUT2D eigenvalue weighted by Crippen LogP contribution is 2.22. The molecular weight excluding hydrogens is 366 g/mol. The van der Waals surface area contributed by atoms with E-state index in [1.165, 1.54) is 57.8 Å². The molecule has 0 unspecified atom stereocenters. The smallest absolute Gasteiger partial charge is 0.373 e. The second kappa shape index (κ2) is 21.8. The van der Waals surface area contributed by atoms with Crippen LogP contribution >= 0.6 is 0 Å². The van der Waals surface area contributed by atoms with E-state index < -0.39 is 8.80 Å². The van der Waals surface area contributed by atoms with Crippen molar-refractivity contribution >= 4 is 8.80 Å². The van der Waals surface area contributed by atoms with Crippen LogP contribution in [0.1, 0.15) is 117 Å². The summed E-state index contributed by atoms with van der Waals surface area (Å²) in [5.74, 6) is 0. The zero-order valence-corrected chi connectivity index (χ0v) is 20.4. The molecule has 0 bridgehead atoms. The van der Waals surface area contributed by atoms with Crippen LogP contribution in [0.15, 0.2) is 0 Å². The van der Waals surface area contributed by atoms with Crippen molar-refractivity contribution in [1.29, 1.82) is 0 Å². The second-order valence-corrected chi connectivity index (χ2v) is 10.7. The van der Waals surface area contributed by atoms with E-state index in [9.17, 15) is 0 Å². The predicted octanol–water partition coefficient (Wildman–Crippen LogP) is 6.85. The van der Waals surface area contributed by atoms with Crippen LogP contribution in [0.5, 0.6) is 0 Å². The standard InChI is InChI=1S/C23H51NO3Si/c1-4-7-10-15-20-25-28(23-18-13-14-19-24,26-21-16-11-8-5-2)27-22-17-12-9-6-3/h4-24H2,1-3H3. The summed E-state index contributed by atoms with van der Waals surface area (Å²) in [4.78, 5) is 0. The Hall–Kier alpha value is 0.0569. The molecule has 0 aromatic rings. The fourth-order valence-electron chi connectivity index (χ4n) is 3.27. The molecule has 0 radical (unpaired) electrons. The molecule has 0 spiro atoms. The Kier molecular flexibility index (Phi) is 21.8. The quantitative estimate of drug-likeness (QED) is 0.146. The molecular formula is C23H51NO3Si. The Morgan fingerprint density at radius 2 is 0.893 bits per heavy atom. The molecule has 0 saturated heterocycles. The number of rotatable bonds is 23. The molecule has 170 valence electrons. The molecule has 5 heteroatoms. The zero-order valence-electron chi connectivity index (χ0n) is 19.4. The normalized spacial score (nSPS) is 12.0. The maximum atomic E-state index is 6.43. The second-order valence-electron chi connectivity index (χ2n) is 8.01. The van der Waals surface area contributed by atoms with E-state index in [4.69, 9.17) is 19.0 Å². The van der Waals surface area contributed by atoms with Gasteiger partial charge in [-0.25, -0.2) is 0 Å². The van der Waals surface area contributed by atoms with Gasteiger partial charge in [0, 0.05) is 25.9 Å². The summed E-state index contributed by atoms with van der Waals surface area (Å²) in [7, 11) is -2.57. The van der Waals surface area contributed by atoms with Crippen LogP contribution in [0, 0.1) is 0 Å². The largest absolute Gasteiger partial charge is 0.500 e. The van der Waals surface area contributed by atoms with Crippen LogP contribution in [0.25, 0.3) is 0 Å². The van der Waals surface area contributed by atoms with Gasteiger partial charge in [-0.1, -0.05) is 85.0 Å². The van der Waals surface area contributed by atoms with E-state index in [0.717, 1.165) is 70.9 Å². The fraction of sp³-hybridized carbons (Fsp3) is 1.00. The molecule has 4 nitrogen and oxygen atoms in total. The summed E-state index contributed by atoms with van der Waals surface area (Å²) in [5, 5.41) is 0. The molecule has 0 heterocycles. The van der Waals surface area contributed by atoms with E-state index in [2.05, 4.69) is 20.8 Å². The highest BCUT2D eigenvalue weighted by Gasteiger charge is 2.40. The molecule has 0 saturated carbocycles. The van der Waals surface area contributed by atoms with Gasteiger partial charge in [0.15, 0.2) is 0 Å². The van der Waals surface area contributed by atoms with E-state index in [-0.39, 0.29) is 0 Å². The van der Waals surface area contributed by atoms with Crippen molar-refractivity contribution in [2.24, 2.45) is 5.73 Å². The first-order valence-corrected chi connectivity index (χ1v) is 14.3. The van der Waals surface area contributed by atoms with Gasteiger partial charge in [-0.05, 0) is 38.6 Å². The van der Waals surface area contributed by atoms with E-state index in [1.54, 1.807) is 0 Å². The van der Waals surface area contributed by atoms with Crippen LogP contribution in [-0.4, -0.2) is 35.2 Å². The molecule has 0 atom stereocenters. The summed E-state index contributed by atoms with van der Waals surface area (Å²) in [6, 6.07) is 0.947. The van der Waals surface area contributed by atoms with Crippen LogP contribution < -0.4 is 5.73 Å². The summed E-state index contributed by atoms with van der Waals surface area (Å²) in [5.41, 5.74) is 5.68. The van der Waals surface area contributed by atoms with Gasteiger partial charge >= 0.3 is 8.80 Å². The van der Waals surface area contributed by atoms with Gasteiger partial charge in [0.2, 0.25) is 0 Å². The third-order valence-electron chi connectivity index (χ3n) is 5.15. The molecule has 2 N–H and O–H groups in total. The fourth-order valence-corrected chi connectivity index (χ4v) is 6.01. The number of hydrogen-bond donors (Lipinski definition) is 1. The lowest BCUT2D eigenvalue weighted by atomic mass is 10.2. The average Bonchev–Trinajstić information content (AvgIpc) is 2.70. The maximum Gasteiger partial charge on any atom is 0.500 e. The third kappa shape index (κ3) is 17.0. The summed E-state index contributed by atoms with van der Waals surface area (Å²) < 4.78 is 19.3. The number of unbranched alkanes of at least 4 members (excludes halogenated alkanes) is 11. The van der Waals surface area contributed by atoms with Crippen molar-refractivity contribution in [2.45, 2.75) is 123 Å². The lowest BCUT2D eigenvalue weighted by Gasteiger charge is -2.30. The van der Waals surface area contributed by atoms with Crippen molar-refractivity contribution < 1.29 is 13.3 Å². The first kappa shape index (κ1) is 28.1. The maximum absolute atomic E-state index is 6.43. The van der Waals surface area contributed by atoms with Crippen LogP contribution in [0.2, 0.25) is 6.04 Å². The van der Waals surface area contributed by atoms with Gasteiger partial charge < -0.3 is 19.0 Å². The Bertz CT molecular complexity index is 270. The van der Waals surface area contributed by atoms with Gasteiger partial charge in [0.25, 0.3) is 0 Å². The van der Waals surface area contributed by atoms with Crippen molar-refractivity contribution in [3.63, 3.8) is 0 Å². The zero-order chi connectivity index (χ0) is 20.8. The van der Waals surface area contributed by atoms with Crippen molar-refractivity contribution in [3.05, 3.63) is 0 Å². The number of hydrogen-bond acceptors (Lipinski definition) is 4. The average molecular weight is 418 g/mol. The van der Waals surface area contributed by atoms with Gasteiger partial charge in [0.05, 0.1) is 0 Å². The molecule has 0 rings (SSSR count). The summed E-state index contributed by atoms with van der Waals surface area (Å²) >= 11 is 0.